The van der Waals surface area contributed by atoms with E-state index in [1.165, 1.54) is 0 Å². The van der Waals surface area contributed by atoms with Crippen LogP contribution in [0, 0.1) is 6.92 Å². The van der Waals surface area contributed by atoms with Gasteiger partial charge in [0.05, 0.1) is 12.0 Å². The van der Waals surface area contributed by atoms with Crippen LogP contribution in [-0.4, -0.2) is 21.6 Å². The van der Waals surface area contributed by atoms with Crippen molar-refractivity contribution in [3.8, 4) is 5.75 Å². The van der Waals surface area contributed by atoms with Gasteiger partial charge in [-0.05, 0) is 71.9 Å². The second-order valence-electron chi connectivity index (χ2n) is 9.14. The molecule has 5 heteroatoms. The van der Waals surface area contributed by atoms with E-state index >= 15 is 0 Å². The van der Waals surface area contributed by atoms with E-state index in [-0.39, 0.29) is 4.90 Å². The molecule has 0 radical (unpaired) electrons. The number of methoxy groups -OCH3 is 1. The molecule has 0 saturated heterocycles. The Morgan fingerprint density at radius 3 is 2.03 bits per heavy atom. The zero-order valence-corrected chi connectivity index (χ0v) is 22.6. The predicted molar refractivity (Wildman–Crippen MR) is 156 cm³/mol. The van der Waals surface area contributed by atoms with Gasteiger partial charge in [-0.15, -0.1) is 0 Å². The molecule has 0 heterocycles. The van der Waals surface area contributed by atoms with Gasteiger partial charge in [0, 0.05) is 6.04 Å². The van der Waals surface area contributed by atoms with Crippen molar-refractivity contribution in [3.05, 3.63) is 144 Å². The van der Waals surface area contributed by atoms with Crippen molar-refractivity contribution >= 4 is 21.2 Å². The third-order valence-corrected chi connectivity index (χ3v) is 8.01. The second kappa shape index (κ2) is 12.5. The van der Waals surface area contributed by atoms with E-state index < -0.39 is 16.1 Å². The van der Waals surface area contributed by atoms with Crippen LogP contribution in [-0.2, 0) is 16.4 Å². The fraction of sp³-hybridized carbons (Fsp3) is 0.152. The first-order valence-corrected chi connectivity index (χ1v) is 14.1. The predicted octanol–water partition coefficient (Wildman–Crippen LogP) is 7.08. The van der Waals surface area contributed by atoms with Gasteiger partial charge < -0.3 is 4.74 Å². The molecular formula is C33H33NO3S. The first kappa shape index (κ1) is 27.1. The molecule has 4 aromatic carbocycles. The van der Waals surface area contributed by atoms with Crippen LogP contribution in [0.25, 0.3) is 11.1 Å². The molecule has 0 bridgehead atoms. The number of sulfonamides is 1. The van der Waals surface area contributed by atoms with Gasteiger partial charge in [-0.25, -0.2) is 13.1 Å². The fourth-order valence-electron chi connectivity index (χ4n) is 4.51. The molecule has 4 rings (SSSR count). The molecule has 4 nitrogen and oxygen atoms in total. The van der Waals surface area contributed by atoms with Gasteiger partial charge in [0.25, 0.3) is 0 Å². The van der Waals surface area contributed by atoms with Crippen molar-refractivity contribution in [2.24, 2.45) is 0 Å². The molecule has 38 heavy (non-hydrogen) atoms. The van der Waals surface area contributed by atoms with Crippen LogP contribution in [0.15, 0.2) is 127 Å². The minimum atomic E-state index is -3.81. The standard InChI is InChI=1S/C33H33NO3S/c1-4-31(27-18-20-29(37-3)21-19-27)33(28-13-9-6-10-14-28)32(24-17-26-11-7-5-8-12-26)34-38(35,36)30-22-15-25(2)16-23-30/h4-16,18-23,32,34H,1,17,24H2,2-3H3/b33-31-/t32-/m1/s1. The van der Waals surface area contributed by atoms with Crippen molar-refractivity contribution in [1.82, 2.24) is 4.72 Å². The van der Waals surface area contributed by atoms with Crippen LogP contribution < -0.4 is 9.46 Å². The molecule has 0 unspecified atom stereocenters. The maximum atomic E-state index is 13.7. The Kier molecular flexibility index (Phi) is 8.95. The molecule has 0 amide bonds. The molecule has 0 saturated carbocycles. The maximum Gasteiger partial charge on any atom is 0.241 e. The van der Waals surface area contributed by atoms with Gasteiger partial charge in [-0.1, -0.05) is 103 Å². The highest BCUT2D eigenvalue weighted by molar-refractivity contribution is 7.89. The molecule has 0 aliphatic rings. The first-order chi connectivity index (χ1) is 18.4. The van der Waals surface area contributed by atoms with Crippen LogP contribution in [0.4, 0.5) is 0 Å². The summed E-state index contributed by atoms with van der Waals surface area (Å²) in [6, 6.07) is 34.2. The average molecular weight is 524 g/mol. The molecule has 0 fully saturated rings. The van der Waals surface area contributed by atoms with Crippen molar-refractivity contribution in [2.75, 3.05) is 7.11 Å². The zero-order valence-electron chi connectivity index (χ0n) is 21.8. The summed E-state index contributed by atoms with van der Waals surface area (Å²) in [6.45, 7) is 6.06. The zero-order chi connectivity index (χ0) is 27.0. The summed E-state index contributed by atoms with van der Waals surface area (Å²) >= 11 is 0. The Morgan fingerprint density at radius 2 is 1.45 bits per heavy atom. The van der Waals surface area contributed by atoms with E-state index in [2.05, 4.69) is 23.4 Å². The van der Waals surface area contributed by atoms with Gasteiger partial charge in [-0.3, -0.25) is 0 Å². The van der Waals surface area contributed by atoms with Gasteiger partial charge in [0.2, 0.25) is 10.0 Å². The normalized spacial score (nSPS) is 12.9. The monoisotopic (exact) mass is 523 g/mol. The molecule has 0 aromatic heterocycles. The summed E-state index contributed by atoms with van der Waals surface area (Å²) in [7, 11) is -2.17. The highest BCUT2D eigenvalue weighted by Gasteiger charge is 2.26. The number of ether oxygens (including phenoxy) is 1. The Morgan fingerprint density at radius 1 is 0.842 bits per heavy atom. The molecule has 194 valence electrons. The number of aryl methyl sites for hydroxylation is 2. The molecule has 4 aromatic rings. The molecule has 1 N–H and O–H groups in total. The van der Waals surface area contributed by atoms with Crippen molar-refractivity contribution in [2.45, 2.75) is 30.7 Å². The smallest absolute Gasteiger partial charge is 0.241 e. The molecule has 0 aliphatic carbocycles. The highest BCUT2D eigenvalue weighted by atomic mass is 32.2. The van der Waals surface area contributed by atoms with Gasteiger partial charge in [0.15, 0.2) is 0 Å². The number of hydrogen-bond donors (Lipinski definition) is 1. The summed E-state index contributed by atoms with van der Waals surface area (Å²) in [5.74, 6) is 0.749. The lowest BCUT2D eigenvalue weighted by atomic mass is 9.87. The van der Waals surface area contributed by atoms with Crippen LogP contribution in [0.5, 0.6) is 5.75 Å². The van der Waals surface area contributed by atoms with Crippen molar-refractivity contribution in [3.63, 3.8) is 0 Å². The molecule has 0 spiro atoms. The summed E-state index contributed by atoms with van der Waals surface area (Å²) < 4.78 is 35.7. The van der Waals surface area contributed by atoms with E-state index in [4.69, 9.17) is 4.74 Å². The summed E-state index contributed by atoms with van der Waals surface area (Å²) in [6.07, 6.45) is 3.07. The Balaban J connectivity index is 1.86. The van der Waals surface area contributed by atoms with E-state index in [0.29, 0.717) is 12.8 Å². The molecule has 1 atom stereocenters. The minimum absolute atomic E-state index is 0.241. The number of allylic oxidation sites excluding steroid dienone is 2. The number of rotatable bonds is 11. The fourth-order valence-corrected chi connectivity index (χ4v) is 5.75. The van der Waals surface area contributed by atoms with E-state index in [9.17, 15) is 8.42 Å². The molecular weight excluding hydrogens is 490 g/mol. The maximum absolute atomic E-state index is 13.7. The van der Waals surface area contributed by atoms with Gasteiger partial charge in [0.1, 0.15) is 5.75 Å². The second-order valence-corrected chi connectivity index (χ2v) is 10.9. The van der Waals surface area contributed by atoms with Crippen LogP contribution >= 0.6 is 0 Å². The first-order valence-electron chi connectivity index (χ1n) is 12.6. The third-order valence-electron chi connectivity index (χ3n) is 6.52. The number of hydrogen-bond acceptors (Lipinski definition) is 3. The summed E-state index contributed by atoms with van der Waals surface area (Å²) in [5.41, 5.74) is 5.75. The van der Waals surface area contributed by atoms with Crippen LogP contribution in [0.1, 0.15) is 28.7 Å². The van der Waals surface area contributed by atoms with Crippen molar-refractivity contribution < 1.29 is 13.2 Å². The van der Waals surface area contributed by atoms with E-state index in [1.807, 2.05) is 91.9 Å². The van der Waals surface area contributed by atoms with Gasteiger partial charge in [-0.2, -0.15) is 0 Å². The largest absolute Gasteiger partial charge is 0.497 e. The van der Waals surface area contributed by atoms with Gasteiger partial charge >= 0.3 is 0 Å². The Bertz CT molecular complexity index is 1480. The third kappa shape index (κ3) is 6.68. The topological polar surface area (TPSA) is 55.4 Å². The van der Waals surface area contributed by atoms with E-state index in [0.717, 1.165) is 39.1 Å². The van der Waals surface area contributed by atoms with Crippen molar-refractivity contribution in [1.29, 1.82) is 0 Å². The average Bonchev–Trinajstić information content (AvgIpc) is 2.95. The Labute approximate surface area is 226 Å². The lowest BCUT2D eigenvalue weighted by Crippen LogP contribution is -2.36. The lowest BCUT2D eigenvalue weighted by molar-refractivity contribution is 0.415. The summed E-state index contributed by atoms with van der Waals surface area (Å²) in [5, 5.41) is 0. The SMILES string of the molecule is C=C/C(=C(\c1ccccc1)[C@@H](CCc1ccccc1)NS(=O)(=O)c1ccc(C)cc1)c1ccc(OC)cc1. The minimum Gasteiger partial charge on any atom is -0.497 e. The molecule has 0 aliphatic heterocycles. The number of nitrogens with one attached hydrogen (secondary N) is 1. The number of benzene rings is 4. The lowest BCUT2D eigenvalue weighted by Gasteiger charge is -2.25. The van der Waals surface area contributed by atoms with E-state index in [1.54, 1.807) is 25.3 Å². The quantitative estimate of drug-likeness (QED) is 0.169. The Hall–Kier alpha value is -3.93. The summed E-state index contributed by atoms with van der Waals surface area (Å²) in [4.78, 5) is 0.241. The highest BCUT2D eigenvalue weighted by Crippen LogP contribution is 2.33. The van der Waals surface area contributed by atoms with Crippen LogP contribution in [0.3, 0.4) is 0 Å². The van der Waals surface area contributed by atoms with Crippen LogP contribution in [0.2, 0.25) is 0 Å².